The minimum absolute atomic E-state index is 0.0959. The van der Waals surface area contributed by atoms with Gasteiger partial charge in [-0.3, -0.25) is 0 Å². The molecule has 0 saturated heterocycles. The molecule has 0 aliphatic carbocycles. The van der Waals surface area contributed by atoms with E-state index < -0.39 is 9.05 Å². The van der Waals surface area contributed by atoms with Crippen molar-refractivity contribution in [1.29, 1.82) is 0 Å². The van der Waals surface area contributed by atoms with E-state index >= 15 is 0 Å². The number of hydrogen-bond acceptors (Lipinski definition) is 3. The topological polar surface area (TPSA) is 60.2 Å². The SMILES string of the molecule is CC(N)c1ccc(S(=O)(=O)Cl)cc1. The van der Waals surface area contributed by atoms with Crippen LogP contribution in [0.5, 0.6) is 0 Å². The van der Waals surface area contributed by atoms with Crippen molar-refractivity contribution >= 4 is 19.7 Å². The summed E-state index contributed by atoms with van der Waals surface area (Å²) in [5.74, 6) is 0. The maximum Gasteiger partial charge on any atom is 0.261 e. The molecule has 5 heteroatoms. The Hall–Kier alpha value is -0.580. The molecular weight excluding hydrogens is 210 g/mol. The summed E-state index contributed by atoms with van der Waals surface area (Å²) < 4.78 is 21.7. The van der Waals surface area contributed by atoms with E-state index in [4.69, 9.17) is 16.4 Å². The van der Waals surface area contributed by atoms with Crippen LogP contribution in [0.1, 0.15) is 18.5 Å². The number of rotatable bonds is 2. The van der Waals surface area contributed by atoms with Gasteiger partial charge in [0.2, 0.25) is 0 Å². The highest BCUT2D eigenvalue weighted by molar-refractivity contribution is 8.13. The molecule has 0 heterocycles. The lowest BCUT2D eigenvalue weighted by molar-refractivity contribution is 0.609. The summed E-state index contributed by atoms with van der Waals surface area (Å²) in [6, 6.07) is 6.09. The van der Waals surface area contributed by atoms with Gasteiger partial charge in [-0.15, -0.1) is 0 Å². The van der Waals surface area contributed by atoms with E-state index in [1.54, 1.807) is 12.1 Å². The lowest BCUT2D eigenvalue weighted by Gasteiger charge is -2.04. The van der Waals surface area contributed by atoms with Crippen molar-refractivity contribution in [1.82, 2.24) is 0 Å². The third-order valence-electron chi connectivity index (χ3n) is 1.69. The Balaban J connectivity index is 3.08. The van der Waals surface area contributed by atoms with E-state index in [0.717, 1.165) is 5.56 Å². The van der Waals surface area contributed by atoms with Gasteiger partial charge in [-0.2, -0.15) is 0 Å². The number of hydrogen-bond donors (Lipinski definition) is 1. The van der Waals surface area contributed by atoms with Crippen molar-refractivity contribution in [2.45, 2.75) is 17.9 Å². The zero-order chi connectivity index (χ0) is 10.1. The van der Waals surface area contributed by atoms with Gasteiger partial charge in [0, 0.05) is 16.7 Å². The fourth-order valence-electron chi connectivity index (χ4n) is 0.934. The Morgan fingerprint density at radius 2 is 1.77 bits per heavy atom. The van der Waals surface area contributed by atoms with Gasteiger partial charge < -0.3 is 5.73 Å². The second-order valence-corrected chi connectivity index (χ2v) is 5.36. The average molecular weight is 220 g/mol. The van der Waals surface area contributed by atoms with E-state index in [-0.39, 0.29) is 10.9 Å². The molecule has 72 valence electrons. The summed E-state index contributed by atoms with van der Waals surface area (Å²) >= 11 is 0. The van der Waals surface area contributed by atoms with Crippen LogP contribution in [-0.2, 0) is 9.05 Å². The molecule has 1 rings (SSSR count). The van der Waals surface area contributed by atoms with Crippen LogP contribution in [-0.4, -0.2) is 8.42 Å². The minimum atomic E-state index is -3.61. The summed E-state index contributed by atoms with van der Waals surface area (Å²) in [7, 11) is 1.52. The molecule has 2 N–H and O–H groups in total. The quantitative estimate of drug-likeness (QED) is 0.770. The first-order valence-corrected chi connectivity index (χ1v) is 6.02. The summed E-state index contributed by atoms with van der Waals surface area (Å²) in [5.41, 5.74) is 6.47. The molecule has 0 aliphatic heterocycles. The molecule has 0 aromatic heterocycles. The third kappa shape index (κ3) is 2.69. The Labute approximate surface area is 81.9 Å². The van der Waals surface area contributed by atoms with Crippen molar-refractivity contribution in [2.75, 3.05) is 0 Å². The molecule has 1 atom stereocenters. The Morgan fingerprint density at radius 3 is 2.08 bits per heavy atom. The van der Waals surface area contributed by atoms with Gasteiger partial charge in [-0.05, 0) is 24.6 Å². The van der Waals surface area contributed by atoms with Gasteiger partial charge in [0.15, 0.2) is 0 Å². The van der Waals surface area contributed by atoms with Gasteiger partial charge >= 0.3 is 0 Å². The van der Waals surface area contributed by atoms with Crippen LogP contribution in [0.2, 0.25) is 0 Å². The van der Waals surface area contributed by atoms with Crippen LogP contribution in [0, 0.1) is 0 Å². The van der Waals surface area contributed by atoms with Gasteiger partial charge in [-0.25, -0.2) is 8.42 Å². The third-order valence-corrected chi connectivity index (χ3v) is 3.06. The average Bonchev–Trinajstić information content (AvgIpc) is 2.03. The van der Waals surface area contributed by atoms with Crippen molar-refractivity contribution in [3.05, 3.63) is 29.8 Å². The Morgan fingerprint density at radius 1 is 1.31 bits per heavy atom. The first-order valence-electron chi connectivity index (χ1n) is 3.71. The Bertz CT molecular complexity index is 383. The molecule has 1 aromatic carbocycles. The zero-order valence-electron chi connectivity index (χ0n) is 7.07. The second kappa shape index (κ2) is 3.65. The van der Waals surface area contributed by atoms with E-state index in [2.05, 4.69) is 0 Å². The molecule has 13 heavy (non-hydrogen) atoms. The summed E-state index contributed by atoms with van der Waals surface area (Å²) in [6.45, 7) is 1.82. The van der Waals surface area contributed by atoms with Crippen LogP contribution in [0.25, 0.3) is 0 Å². The number of halogens is 1. The van der Waals surface area contributed by atoms with Gasteiger partial charge in [0.1, 0.15) is 0 Å². The molecule has 0 bridgehead atoms. The van der Waals surface area contributed by atoms with E-state index in [9.17, 15) is 8.42 Å². The highest BCUT2D eigenvalue weighted by Crippen LogP contribution is 2.17. The monoisotopic (exact) mass is 219 g/mol. The van der Waals surface area contributed by atoms with Gasteiger partial charge in [0.25, 0.3) is 9.05 Å². The predicted octanol–water partition coefficient (Wildman–Crippen LogP) is 1.63. The molecule has 0 fully saturated rings. The van der Waals surface area contributed by atoms with E-state index in [0.29, 0.717) is 0 Å². The van der Waals surface area contributed by atoms with Gasteiger partial charge in [-0.1, -0.05) is 12.1 Å². The van der Waals surface area contributed by atoms with Crippen molar-refractivity contribution in [2.24, 2.45) is 5.73 Å². The normalized spacial score (nSPS) is 14.1. The first-order chi connectivity index (χ1) is 5.91. The zero-order valence-corrected chi connectivity index (χ0v) is 8.64. The van der Waals surface area contributed by atoms with Crippen LogP contribution in [0.3, 0.4) is 0 Å². The number of nitrogens with two attached hydrogens (primary N) is 1. The lowest BCUT2D eigenvalue weighted by atomic mass is 10.1. The Kier molecular flexibility index (Phi) is 2.95. The lowest BCUT2D eigenvalue weighted by Crippen LogP contribution is -2.04. The smallest absolute Gasteiger partial charge is 0.261 e. The van der Waals surface area contributed by atoms with Crippen LogP contribution in [0.15, 0.2) is 29.2 Å². The molecule has 1 aromatic rings. The second-order valence-electron chi connectivity index (χ2n) is 2.80. The molecule has 3 nitrogen and oxygen atoms in total. The molecule has 0 amide bonds. The minimum Gasteiger partial charge on any atom is -0.324 e. The molecule has 0 spiro atoms. The summed E-state index contributed by atoms with van der Waals surface area (Å²) in [6.07, 6.45) is 0. The standard InChI is InChI=1S/C8H10ClNO2S/c1-6(10)7-2-4-8(5-3-7)13(9,11)12/h2-6H,10H2,1H3. The highest BCUT2D eigenvalue weighted by atomic mass is 35.7. The highest BCUT2D eigenvalue weighted by Gasteiger charge is 2.09. The fourth-order valence-corrected chi connectivity index (χ4v) is 1.70. The molecule has 0 saturated carbocycles. The van der Waals surface area contributed by atoms with Crippen LogP contribution in [0.4, 0.5) is 0 Å². The first kappa shape index (κ1) is 10.5. The van der Waals surface area contributed by atoms with Crippen molar-refractivity contribution in [3.8, 4) is 0 Å². The summed E-state index contributed by atoms with van der Waals surface area (Å²) in [5, 5.41) is 0. The maximum atomic E-state index is 10.8. The van der Waals surface area contributed by atoms with E-state index in [1.165, 1.54) is 12.1 Å². The molecule has 0 aliphatic rings. The van der Waals surface area contributed by atoms with Crippen molar-refractivity contribution in [3.63, 3.8) is 0 Å². The predicted molar refractivity (Wildman–Crippen MR) is 52.1 cm³/mol. The fraction of sp³-hybridized carbons (Fsp3) is 0.250. The van der Waals surface area contributed by atoms with E-state index in [1.807, 2.05) is 6.92 Å². The maximum absolute atomic E-state index is 10.8. The molecule has 1 unspecified atom stereocenters. The van der Waals surface area contributed by atoms with Crippen molar-refractivity contribution < 1.29 is 8.42 Å². The molecular formula is C8H10ClNO2S. The number of benzene rings is 1. The largest absolute Gasteiger partial charge is 0.324 e. The van der Waals surface area contributed by atoms with Crippen LogP contribution < -0.4 is 5.73 Å². The summed E-state index contributed by atoms with van der Waals surface area (Å²) in [4.78, 5) is 0.0959. The van der Waals surface area contributed by atoms with Crippen LogP contribution >= 0.6 is 10.7 Å². The van der Waals surface area contributed by atoms with Gasteiger partial charge in [0.05, 0.1) is 4.90 Å². The molecule has 0 radical (unpaired) electrons.